The normalized spacial score (nSPS) is 17.5. The van der Waals surface area contributed by atoms with Crippen molar-refractivity contribution in [2.75, 3.05) is 19.7 Å². The zero-order valence-corrected chi connectivity index (χ0v) is 18.7. The number of Topliss-reactive ketones (excluding diaryl/α,β-unsaturated/α-hetero) is 1. The van der Waals surface area contributed by atoms with Crippen LogP contribution in [0.15, 0.2) is 35.2 Å². The molecule has 1 aromatic carbocycles. The minimum atomic E-state index is -3.84. The summed E-state index contributed by atoms with van der Waals surface area (Å²) in [6, 6.07) is 6.37. The van der Waals surface area contributed by atoms with Gasteiger partial charge < -0.3 is 9.30 Å². The van der Waals surface area contributed by atoms with Crippen LogP contribution in [0.25, 0.3) is 0 Å². The summed E-state index contributed by atoms with van der Waals surface area (Å²) in [5.74, 6) is -2.05. The smallest absolute Gasteiger partial charge is 0.310 e. The molecule has 0 spiro atoms. The van der Waals surface area contributed by atoms with Gasteiger partial charge in [-0.05, 0) is 63.9 Å². The maximum Gasteiger partial charge on any atom is 0.310 e. The summed E-state index contributed by atoms with van der Waals surface area (Å²) < 4.78 is 47.2. The lowest BCUT2D eigenvalue weighted by Crippen LogP contribution is -2.43. The van der Waals surface area contributed by atoms with E-state index in [1.165, 1.54) is 16.4 Å². The largest absolute Gasteiger partial charge is 0.457 e. The van der Waals surface area contributed by atoms with E-state index in [2.05, 4.69) is 0 Å². The molecule has 0 N–H and O–H groups in total. The fraction of sp³-hybridized carbons (Fsp3) is 0.455. The molecule has 1 atom stereocenters. The highest BCUT2D eigenvalue weighted by atomic mass is 32.2. The first-order valence-corrected chi connectivity index (χ1v) is 11.7. The number of nitrogens with zero attached hydrogens (tertiary/aromatic N) is 2. The molecule has 3 rings (SSSR count). The summed E-state index contributed by atoms with van der Waals surface area (Å²) in [4.78, 5) is 25.1. The van der Waals surface area contributed by atoms with Crippen molar-refractivity contribution in [3.8, 4) is 0 Å². The average Bonchev–Trinajstić information content (AvgIpc) is 3.05. The van der Waals surface area contributed by atoms with Crippen LogP contribution < -0.4 is 0 Å². The summed E-state index contributed by atoms with van der Waals surface area (Å²) in [7, 11) is -3.84. The van der Waals surface area contributed by atoms with Gasteiger partial charge in [0.05, 0.1) is 10.8 Å². The van der Waals surface area contributed by atoms with Crippen LogP contribution in [0, 0.1) is 25.6 Å². The lowest BCUT2D eigenvalue weighted by Gasteiger charge is -2.30. The fourth-order valence-electron chi connectivity index (χ4n) is 4.01. The molecule has 168 valence electrons. The molecule has 0 amide bonds. The average molecular weight is 451 g/mol. The second-order valence-electron chi connectivity index (χ2n) is 7.72. The molecule has 2 aromatic rings. The molecule has 1 aliphatic rings. The number of ether oxygens (including phenoxy) is 1. The van der Waals surface area contributed by atoms with Crippen molar-refractivity contribution in [1.29, 1.82) is 0 Å². The van der Waals surface area contributed by atoms with Gasteiger partial charge in [0.25, 0.3) is 0 Å². The van der Waals surface area contributed by atoms with E-state index in [0.717, 1.165) is 30.1 Å². The maximum absolute atomic E-state index is 13.1. The van der Waals surface area contributed by atoms with Gasteiger partial charge in [-0.2, -0.15) is 4.31 Å². The molecule has 2 heterocycles. The van der Waals surface area contributed by atoms with Crippen molar-refractivity contribution < 1.29 is 27.1 Å². The van der Waals surface area contributed by atoms with Crippen LogP contribution in [0.1, 0.15) is 41.5 Å². The van der Waals surface area contributed by atoms with Crippen molar-refractivity contribution in [3.63, 3.8) is 0 Å². The zero-order valence-electron chi connectivity index (χ0n) is 17.9. The molecule has 9 heteroatoms. The number of carbonyl (C=O) groups excluding carboxylic acids is 2. The van der Waals surface area contributed by atoms with Crippen LogP contribution in [0.4, 0.5) is 4.39 Å². The summed E-state index contributed by atoms with van der Waals surface area (Å²) in [6.07, 6.45) is 0.971. The highest BCUT2D eigenvalue weighted by molar-refractivity contribution is 7.89. The van der Waals surface area contributed by atoms with E-state index in [1.54, 1.807) is 6.07 Å². The van der Waals surface area contributed by atoms with E-state index < -0.39 is 27.7 Å². The lowest BCUT2D eigenvalue weighted by molar-refractivity contribution is -0.148. The van der Waals surface area contributed by atoms with Gasteiger partial charge in [0.2, 0.25) is 15.8 Å². The number of ketones is 1. The summed E-state index contributed by atoms with van der Waals surface area (Å²) in [6.45, 7) is 6.35. The highest BCUT2D eigenvalue weighted by Gasteiger charge is 2.34. The van der Waals surface area contributed by atoms with E-state index in [1.807, 2.05) is 25.3 Å². The van der Waals surface area contributed by atoms with E-state index in [0.29, 0.717) is 18.4 Å². The van der Waals surface area contributed by atoms with Gasteiger partial charge in [-0.1, -0.05) is 0 Å². The maximum atomic E-state index is 13.1. The Kier molecular flexibility index (Phi) is 6.96. The third kappa shape index (κ3) is 4.88. The number of halogens is 1. The Morgan fingerprint density at radius 3 is 2.48 bits per heavy atom. The minimum Gasteiger partial charge on any atom is -0.457 e. The zero-order chi connectivity index (χ0) is 22.8. The quantitative estimate of drug-likeness (QED) is 0.478. The number of carbonyl (C=O) groups is 2. The Morgan fingerprint density at radius 1 is 1.19 bits per heavy atom. The Labute approximate surface area is 181 Å². The van der Waals surface area contributed by atoms with Crippen LogP contribution in [-0.4, -0.2) is 48.7 Å². The van der Waals surface area contributed by atoms with Gasteiger partial charge in [-0.3, -0.25) is 9.59 Å². The highest BCUT2D eigenvalue weighted by Crippen LogP contribution is 2.25. The van der Waals surface area contributed by atoms with Gasteiger partial charge >= 0.3 is 5.97 Å². The van der Waals surface area contributed by atoms with Gasteiger partial charge in [-0.15, -0.1) is 0 Å². The molecule has 1 aliphatic heterocycles. The third-order valence-electron chi connectivity index (χ3n) is 5.70. The van der Waals surface area contributed by atoms with Crippen molar-refractivity contribution in [2.45, 2.75) is 45.1 Å². The lowest BCUT2D eigenvalue weighted by atomic mass is 10.00. The molecular weight excluding hydrogens is 423 g/mol. The summed E-state index contributed by atoms with van der Waals surface area (Å²) in [5, 5.41) is 0. The Morgan fingerprint density at radius 2 is 1.87 bits per heavy atom. The number of sulfonamides is 1. The van der Waals surface area contributed by atoms with Crippen LogP contribution in [0.3, 0.4) is 0 Å². The predicted molar refractivity (Wildman–Crippen MR) is 113 cm³/mol. The standard InChI is InChI=1S/C22H27FN2O5S/c1-4-25-15(2)12-20(16(25)3)21(26)14-30-22(27)17-6-5-11-24(13-17)31(28,29)19-9-7-18(23)8-10-19/h7-10,12,17H,4-6,11,13-14H2,1-3H3. The van der Waals surface area contributed by atoms with E-state index in [9.17, 15) is 22.4 Å². The first-order valence-electron chi connectivity index (χ1n) is 10.3. The summed E-state index contributed by atoms with van der Waals surface area (Å²) in [5.41, 5.74) is 2.31. The van der Waals surface area contributed by atoms with Crippen LogP contribution in [0.5, 0.6) is 0 Å². The molecule has 0 saturated carbocycles. The van der Waals surface area contributed by atoms with Crippen molar-refractivity contribution in [2.24, 2.45) is 5.92 Å². The molecule has 1 aromatic heterocycles. The minimum absolute atomic E-state index is 0.0237. The molecule has 31 heavy (non-hydrogen) atoms. The second-order valence-corrected chi connectivity index (χ2v) is 9.65. The molecule has 1 saturated heterocycles. The monoisotopic (exact) mass is 450 g/mol. The summed E-state index contributed by atoms with van der Waals surface area (Å²) >= 11 is 0. The molecular formula is C22H27FN2O5S. The predicted octanol–water partition coefficient (Wildman–Crippen LogP) is 3.09. The number of hydrogen-bond acceptors (Lipinski definition) is 5. The van der Waals surface area contributed by atoms with Crippen molar-refractivity contribution in [1.82, 2.24) is 8.87 Å². The molecule has 0 bridgehead atoms. The number of piperidine rings is 1. The third-order valence-corrected chi connectivity index (χ3v) is 7.58. The molecule has 0 aliphatic carbocycles. The van der Waals surface area contributed by atoms with Gasteiger partial charge in [0.15, 0.2) is 6.61 Å². The Hall–Kier alpha value is -2.52. The van der Waals surface area contributed by atoms with Gasteiger partial charge in [0.1, 0.15) is 5.82 Å². The number of hydrogen-bond donors (Lipinski definition) is 0. The Bertz CT molecular complexity index is 1080. The SMILES string of the molecule is CCn1c(C)cc(C(=O)COC(=O)C2CCCN(S(=O)(=O)c3ccc(F)cc3)C2)c1C. The van der Waals surface area contributed by atoms with Crippen molar-refractivity contribution in [3.05, 3.63) is 53.1 Å². The van der Waals surface area contributed by atoms with E-state index in [4.69, 9.17) is 4.74 Å². The van der Waals surface area contributed by atoms with Crippen LogP contribution in [-0.2, 0) is 26.1 Å². The number of esters is 1. The molecule has 7 nitrogen and oxygen atoms in total. The number of rotatable bonds is 7. The fourth-order valence-corrected chi connectivity index (χ4v) is 5.53. The molecule has 1 unspecified atom stereocenters. The molecule has 0 radical (unpaired) electrons. The second kappa shape index (κ2) is 9.32. The van der Waals surface area contributed by atoms with E-state index >= 15 is 0 Å². The number of benzene rings is 1. The first kappa shape index (κ1) is 23.1. The van der Waals surface area contributed by atoms with Gasteiger partial charge in [-0.25, -0.2) is 12.8 Å². The van der Waals surface area contributed by atoms with Crippen molar-refractivity contribution >= 4 is 21.8 Å². The van der Waals surface area contributed by atoms with Crippen LogP contribution in [0.2, 0.25) is 0 Å². The van der Waals surface area contributed by atoms with E-state index in [-0.39, 0.29) is 30.4 Å². The first-order chi connectivity index (χ1) is 14.6. The van der Waals surface area contributed by atoms with Crippen LogP contribution >= 0.6 is 0 Å². The van der Waals surface area contributed by atoms with Gasteiger partial charge in [0, 0.05) is 36.6 Å². The Balaban J connectivity index is 1.63. The number of aryl methyl sites for hydroxylation is 1. The number of aromatic nitrogens is 1. The topological polar surface area (TPSA) is 85.7 Å². The molecule has 1 fully saturated rings.